The lowest BCUT2D eigenvalue weighted by Gasteiger charge is -2.36. The third-order valence-corrected chi connectivity index (χ3v) is 4.93. The van der Waals surface area contributed by atoms with Crippen molar-refractivity contribution >= 4 is 17.5 Å². The zero-order valence-corrected chi connectivity index (χ0v) is 13.9. The highest BCUT2D eigenvalue weighted by atomic mass is 35.5. The van der Waals surface area contributed by atoms with E-state index in [9.17, 15) is 4.79 Å². The lowest BCUT2D eigenvalue weighted by Crippen LogP contribution is -2.52. The van der Waals surface area contributed by atoms with Gasteiger partial charge >= 0.3 is 0 Å². The molecule has 3 rings (SSSR count). The summed E-state index contributed by atoms with van der Waals surface area (Å²) in [6.45, 7) is 3.06. The molecule has 1 aromatic rings. The second-order valence-electron chi connectivity index (χ2n) is 6.17. The Kier molecular flexibility index (Phi) is 5.54. The number of morpholine rings is 1. The van der Waals surface area contributed by atoms with E-state index in [0.717, 1.165) is 18.4 Å². The fraction of sp³-hybridized carbons (Fsp3) is 0.588. The maximum absolute atomic E-state index is 12.7. The lowest BCUT2D eigenvalue weighted by molar-refractivity contribution is -0.142. The number of hydrogen-bond acceptors (Lipinski definition) is 4. The van der Waals surface area contributed by atoms with Crippen molar-refractivity contribution in [3.8, 4) is 0 Å². The summed E-state index contributed by atoms with van der Waals surface area (Å²) >= 11 is 5.93. The molecule has 2 atom stereocenters. The van der Waals surface area contributed by atoms with Gasteiger partial charge in [0.05, 0.1) is 19.2 Å². The van der Waals surface area contributed by atoms with Crippen LogP contribution in [0.3, 0.4) is 0 Å². The van der Waals surface area contributed by atoms with Crippen LogP contribution in [0, 0.1) is 5.92 Å². The second-order valence-corrected chi connectivity index (χ2v) is 6.61. The molecule has 2 heterocycles. The minimum Gasteiger partial charge on any atom is -0.381 e. The maximum Gasteiger partial charge on any atom is 0.239 e. The highest BCUT2D eigenvalue weighted by Crippen LogP contribution is 2.25. The first kappa shape index (κ1) is 16.7. The molecule has 2 aliphatic rings. The van der Waals surface area contributed by atoms with Crippen LogP contribution in [0.1, 0.15) is 24.5 Å². The molecule has 126 valence electrons. The molecule has 1 aromatic carbocycles. The first-order chi connectivity index (χ1) is 11.1. The van der Waals surface area contributed by atoms with Crippen LogP contribution in [-0.2, 0) is 14.3 Å². The summed E-state index contributed by atoms with van der Waals surface area (Å²) in [7, 11) is 0. The molecular weight excluding hydrogens is 316 g/mol. The van der Waals surface area contributed by atoms with E-state index in [1.54, 1.807) is 0 Å². The fourth-order valence-corrected chi connectivity index (χ4v) is 3.34. The SMILES string of the molecule is NC(C(=O)N1CCOC(c2ccc(Cl)cc2)C1)C1CCOCC1. The van der Waals surface area contributed by atoms with Gasteiger partial charge in [0.15, 0.2) is 0 Å². The molecule has 0 aliphatic carbocycles. The summed E-state index contributed by atoms with van der Waals surface area (Å²) in [6, 6.07) is 7.13. The molecule has 6 heteroatoms. The molecular formula is C17H23ClN2O3. The summed E-state index contributed by atoms with van der Waals surface area (Å²) in [5.74, 6) is 0.243. The molecule has 2 aliphatic heterocycles. The third-order valence-electron chi connectivity index (χ3n) is 4.68. The van der Waals surface area contributed by atoms with Gasteiger partial charge in [0.25, 0.3) is 0 Å². The molecule has 0 spiro atoms. The Hall–Kier alpha value is -1.14. The number of carbonyl (C=O) groups is 1. The van der Waals surface area contributed by atoms with Gasteiger partial charge in [-0.15, -0.1) is 0 Å². The Morgan fingerprint density at radius 2 is 1.91 bits per heavy atom. The molecule has 5 nitrogen and oxygen atoms in total. The van der Waals surface area contributed by atoms with Crippen LogP contribution in [0.15, 0.2) is 24.3 Å². The normalized spacial score (nSPS) is 24.4. The predicted octanol–water partition coefficient (Wildman–Crippen LogP) is 1.99. The smallest absolute Gasteiger partial charge is 0.239 e. The van der Waals surface area contributed by atoms with Crippen molar-refractivity contribution in [2.45, 2.75) is 25.0 Å². The third kappa shape index (κ3) is 4.04. The van der Waals surface area contributed by atoms with E-state index in [4.69, 9.17) is 26.8 Å². The minimum atomic E-state index is -0.442. The van der Waals surface area contributed by atoms with Crippen molar-refractivity contribution in [1.82, 2.24) is 4.90 Å². The van der Waals surface area contributed by atoms with Crippen LogP contribution in [0.25, 0.3) is 0 Å². The summed E-state index contributed by atoms with van der Waals surface area (Å²) in [6.07, 6.45) is 1.60. The Balaban J connectivity index is 1.63. The molecule has 23 heavy (non-hydrogen) atoms. The van der Waals surface area contributed by atoms with E-state index < -0.39 is 6.04 Å². The molecule has 0 saturated carbocycles. The Morgan fingerprint density at radius 3 is 2.61 bits per heavy atom. The monoisotopic (exact) mass is 338 g/mol. The topological polar surface area (TPSA) is 64.8 Å². The van der Waals surface area contributed by atoms with Crippen LogP contribution in [0.5, 0.6) is 0 Å². The first-order valence-electron chi connectivity index (χ1n) is 8.14. The molecule has 0 aromatic heterocycles. The van der Waals surface area contributed by atoms with Gasteiger partial charge in [0.1, 0.15) is 6.10 Å². The van der Waals surface area contributed by atoms with Gasteiger partial charge in [0.2, 0.25) is 5.91 Å². The highest BCUT2D eigenvalue weighted by molar-refractivity contribution is 6.30. The molecule has 2 unspecified atom stereocenters. The average Bonchev–Trinajstić information content (AvgIpc) is 2.62. The number of hydrogen-bond donors (Lipinski definition) is 1. The van der Waals surface area contributed by atoms with Gasteiger partial charge in [0, 0.05) is 24.8 Å². The number of nitrogens with zero attached hydrogens (tertiary/aromatic N) is 1. The van der Waals surface area contributed by atoms with Gasteiger partial charge in [-0.05, 0) is 36.5 Å². The van der Waals surface area contributed by atoms with Crippen molar-refractivity contribution in [2.75, 3.05) is 32.9 Å². The van der Waals surface area contributed by atoms with E-state index in [2.05, 4.69) is 0 Å². The van der Waals surface area contributed by atoms with Crippen LogP contribution >= 0.6 is 11.6 Å². The van der Waals surface area contributed by atoms with Crippen LogP contribution < -0.4 is 5.73 Å². The summed E-state index contributed by atoms with van der Waals surface area (Å²) in [5.41, 5.74) is 7.26. The van der Waals surface area contributed by atoms with Crippen molar-refractivity contribution < 1.29 is 14.3 Å². The van der Waals surface area contributed by atoms with Crippen LogP contribution in [-0.4, -0.2) is 49.8 Å². The summed E-state index contributed by atoms with van der Waals surface area (Å²) in [5, 5.41) is 0.694. The van der Waals surface area contributed by atoms with Crippen molar-refractivity contribution in [1.29, 1.82) is 0 Å². The molecule has 1 amide bonds. The van der Waals surface area contributed by atoms with Crippen LogP contribution in [0.2, 0.25) is 5.02 Å². The van der Waals surface area contributed by atoms with E-state index in [0.29, 0.717) is 37.9 Å². The number of halogens is 1. The predicted molar refractivity (Wildman–Crippen MR) is 88.2 cm³/mol. The lowest BCUT2D eigenvalue weighted by atomic mass is 9.91. The van der Waals surface area contributed by atoms with Gasteiger partial charge < -0.3 is 20.1 Å². The fourth-order valence-electron chi connectivity index (χ4n) is 3.22. The number of rotatable bonds is 3. The van der Waals surface area contributed by atoms with Gasteiger partial charge in [-0.1, -0.05) is 23.7 Å². The minimum absolute atomic E-state index is 0.0270. The van der Waals surface area contributed by atoms with E-state index in [1.165, 1.54) is 0 Å². The maximum atomic E-state index is 12.7. The Bertz CT molecular complexity index is 531. The second kappa shape index (κ2) is 7.62. The van der Waals surface area contributed by atoms with E-state index >= 15 is 0 Å². The molecule has 2 saturated heterocycles. The number of ether oxygens (including phenoxy) is 2. The average molecular weight is 339 g/mol. The number of nitrogens with two attached hydrogens (primary N) is 1. The number of amides is 1. The zero-order chi connectivity index (χ0) is 16.2. The molecule has 0 bridgehead atoms. The summed E-state index contributed by atoms with van der Waals surface area (Å²) in [4.78, 5) is 14.5. The van der Waals surface area contributed by atoms with Gasteiger partial charge in [-0.25, -0.2) is 0 Å². The number of carbonyl (C=O) groups excluding carboxylic acids is 1. The number of benzene rings is 1. The Morgan fingerprint density at radius 1 is 1.22 bits per heavy atom. The van der Waals surface area contributed by atoms with Crippen LogP contribution in [0.4, 0.5) is 0 Å². The van der Waals surface area contributed by atoms with Crippen molar-refractivity contribution in [3.05, 3.63) is 34.9 Å². The first-order valence-corrected chi connectivity index (χ1v) is 8.52. The standard InChI is InChI=1S/C17H23ClN2O3/c18-14-3-1-12(2-4-14)15-11-20(7-10-23-15)17(21)16(19)13-5-8-22-9-6-13/h1-4,13,15-16H,5-11,19H2. The highest BCUT2D eigenvalue weighted by Gasteiger charge is 2.33. The summed E-state index contributed by atoms with van der Waals surface area (Å²) < 4.78 is 11.2. The van der Waals surface area contributed by atoms with E-state index in [-0.39, 0.29) is 17.9 Å². The van der Waals surface area contributed by atoms with E-state index in [1.807, 2.05) is 29.2 Å². The quantitative estimate of drug-likeness (QED) is 0.915. The molecule has 0 radical (unpaired) electrons. The Labute approximate surface area is 141 Å². The van der Waals surface area contributed by atoms with Crippen molar-refractivity contribution in [2.24, 2.45) is 11.7 Å². The van der Waals surface area contributed by atoms with Gasteiger partial charge in [-0.2, -0.15) is 0 Å². The largest absolute Gasteiger partial charge is 0.381 e. The van der Waals surface area contributed by atoms with Gasteiger partial charge in [-0.3, -0.25) is 4.79 Å². The molecule has 2 N–H and O–H groups in total. The molecule has 2 fully saturated rings. The van der Waals surface area contributed by atoms with Crippen molar-refractivity contribution in [3.63, 3.8) is 0 Å². The zero-order valence-electron chi connectivity index (χ0n) is 13.1.